The number of alkyl halides is 3. The van der Waals surface area contributed by atoms with E-state index in [9.17, 15) is 13.2 Å². The smallest absolute Gasteiger partial charge is 0.422 e. The van der Waals surface area contributed by atoms with Crippen LogP contribution in [0.4, 0.5) is 19.0 Å². The number of hydrogen-bond donors (Lipinski definition) is 1. The highest BCUT2D eigenvalue weighted by molar-refractivity contribution is 7.17. The van der Waals surface area contributed by atoms with Gasteiger partial charge in [-0.2, -0.15) is 13.2 Å². The van der Waals surface area contributed by atoms with E-state index in [0.717, 1.165) is 15.8 Å². The molecule has 132 valence electrons. The Morgan fingerprint density at radius 3 is 2.76 bits per heavy atom. The fourth-order valence-corrected chi connectivity index (χ4v) is 3.26. The molecular weight excluding hydrogens is 377 g/mol. The van der Waals surface area contributed by atoms with E-state index < -0.39 is 12.8 Å². The predicted molar refractivity (Wildman–Crippen MR) is 90.2 cm³/mol. The summed E-state index contributed by atoms with van der Waals surface area (Å²) in [6.45, 7) is 0.504. The van der Waals surface area contributed by atoms with Crippen LogP contribution in [0.1, 0.15) is 18.5 Å². The van der Waals surface area contributed by atoms with Crippen LogP contribution in [-0.2, 0) is 0 Å². The van der Waals surface area contributed by atoms with Crippen molar-refractivity contribution in [3.05, 3.63) is 40.6 Å². The Morgan fingerprint density at radius 1 is 1.28 bits per heavy atom. The molecule has 0 radical (unpaired) electrons. The van der Waals surface area contributed by atoms with Crippen molar-refractivity contribution in [1.29, 1.82) is 0 Å². The number of fused-ring (bicyclic) bond motifs is 1. The molecule has 0 aliphatic rings. The van der Waals surface area contributed by atoms with Crippen LogP contribution >= 0.6 is 22.9 Å². The molecule has 3 rings (SSSR count). The Labute approximate surface area is 149 Å². The summed E-state index contributed by atoms with van der Waals surface area (Å²) in [7, 11) is 0. The SMILES string of the molecule is CC(Nc1ncnc2scc(Cl)c12)c1ccc(OCC(F)(F)F)nc1. The van der Waals surface area contributed by atoms with Crippen LogP contribution in [0, 0.1) is 0 Å². The van der Waals surface area contributed by atoms with Gasteiger partial charge in [0.15, 0.2) is 6.61 Å². The number of hydrogen-bond acceptors (Lipinski definition) is 6. The first-order valence-electron chi connectivity index (χ1n) is 7.13. The molecule has 10 heteroatoms. The van der Waals surface area contributed by atoms with Gasteiger partial charge in [0.25, 0.3) is 0 Å². The zero-order valence-electron chi connectivity index (χ0n) is 12.8. The number of nitrogens with one attached hydrogen (secondary N) is 1. The first-order chi connectivity index (χ1) is 11.8. The van der Waals surface area contributed by atoms with Crippen molar-refractivity contribution >= 4 is 39.0 Å². The van der Waals surface area contributed by atoms with Crippen molar-refractivity contribution in [1.82, 2.24) is 15.0 Å². The lowest BCUT2D eigenvalue weighted by Gasteiger charge is -2.16. The third-order valence-corrected chi connectivity index (χ3v) is 4.64. The van der Waals surface area contributed by atoms with E-state index in [0.29, 0.717) is 10.8 Å². The molecule has 0 aliphatic carbocycles. The monoisotopic (exact) mass is 388 g/mol. The summed E-state index contributed by atoms with van der Waals surface area (Å²) < 4.78 is 41.0. The molecular formula is C15H12ClF3N4OS. The number of thiophene rings is 1. The van der Waals surface area contributed by atoms with Crippen molar-refractivity contribution in [2.45, 2.75) is 19.1 Å². The van der Waals surface area contributed by atoms with Crippen molar-refractivity contribution in [3.63, 3.8) is 0 Å². The van der Waals surface area contributed by atoms with Gasteiger partial charge in [0.2, 0.25) is 5.88 Å². The predicted octanol–water partition coefficient (Wildman–Crippen LogP) is 4.85. The molecule has 0 saturated heterocycles. The summed E-state index contributed by atoms with van der Waals surface area (Å²) in [5.41, 5.74) is 0.762. The number of nitrogens with zero attached hydrogens (tertiary/aromatic N) is 3. The molecule has 1 atom stereocenters. The minimum atomic E-state index is -4.40. The summed E-state index contributed by atoms with van der Waals surface area (Å²) in [5, 5.41) is 6.29. The van der Waals surface area contributed by atoms with Crippen LogP contribution in [0.15, 0.2) is 30.0 Å². The van der Waals surface area contributed by atoms with E-state index in [4.69, 9.17) is 11.6 Å². The van der Waals surface area contributed by atoms with Crippen LogP contribution < -0.4 is 10.1 Å². The van der Waals surface area contributed by atoms with E-state index >= 15 is 0 Å². The number of pyridine rings is 1. The minimum Gasteiger partial charge on any atom is -0.468 e. The molecule has 1 N–H and O–H groups in total. The Bertz CT molecular complexity index is 869. The molecule has 3 heterocycles. The van der Waals surface area contributed by atoms with Gasteiger partial charge in [0, 0.05) is 17.6 Å². The first kappa shape index (κ1) is 17.7. The highest BCUT2D eigenvalue weighted by Gasteiger charge is 2.28. The van der Waals surface area contributed by atoms with E-state index in [1.165, 1.54) is 29.9 Å². The fraction of sp³-hybridized carbons (Fsp3) is 0.267. The zero-order chi connectivity index (χ0) is 18.0. The number of aromatic nitrogens is 3. The quantitative estimate of drug-likeness (QED) is 0.676. The van der Waals surface area contributed by atoms with Gasteiger partial charge in [-0.25, -0.2) is 15.0 Å². The third-order valence-electron chi connectivity index (χ3n) is 3.32. The second-order valence-electron chi connectivity index (χ2n) is 5.19. The minimum absolute atomic E-state index is 0.0846. The number of rotatable bonds is 5. The summed E-state index contributed by atoms with van der Waals surface area (Å²) in [6, 6.07) is 2.84. The van der Waals surface area contributed by atoms with Crippen molar-refractivity contribution in [3.8, 4) is 5.88 Å². The highest BCUT2D eigenvalue weighted by Crippen LogP contribution is 2.34. The molecule has 5 nitrogen and oxygen atoms in total. The Kier molecular flexibility index (Phi) is 4.96. The number of halogens is 4. The van der Waals surface area contributed by atoms with E-state index in [2.05, 4.69) is 25.0 Å². The topological polar surface area (TPSA) is 59.9 Å². The van der Waals surface area contributed by atoms with Crippen molar-refractivity contribution < 1.29 is 17.9 Å². The molecule has 0 saturated carbocycles. The van der Waals surface area contributed by atoms with E-state index in [1.807, 2.05) is 6.92 Å². The number of ether oxygens (including phenoxy) is 1. The summed E-state index contributed by atoms with van der Waals surface area (Å²) >= 11 is 7.59. The van der Waals surface area contributed by atoms with Crippen molar-refractivity contribution in [2.24, 2.45) is 0 Å². The molecule has 25 heavy (non-hydrogen) atoms. The van der Waals surface area contributed by atoms with E-state index in [-0.39, 0.29) is 11.9 Å². The Morgan fingerprint density at radius 2 is 2.08 bits per heavy atom. The van der Waals surface area contributed by atoms with Crippen molar-refractivity contribution in [2.75, 3.05) is 11.9 Å². The lowest BCUT2D eigenvalue weighted by Crippen LogP contribution is -2.19. The summed E-state index contributed by atoms with van der Waals surface area (Å²) in [4.78, 5) is 13.0. The maximum Gasteiger partial charge on any atom is 0.422 e. The molecule has 3 aromatic heterocycles. The Balaban J connectivity index is 1.72. The Hall–Kier alpha value is -2.13. The van der Waals surface area contributed by atoms with Gasteiger partial charge >= 0.3 is 6.18 Å². The molecule has 0 aliphatic heterocycles. The van der Waals surface area contributed by atoms with Crippen LogP contribution in [0.3, 0.4) is 0 Å². The van der Waals surface area contributed by atoms with Crippen LogP contribution in [0.25, 0.3) is 10.2 Å². The third kappa shape index (κ3) is 4.29. The second kappa shape index (κ2) is 7.01. The largest absolute Gasteiger partial charge is 0.468 e. The molecule has 0 amide bonds. The van der Waals surface area contributed by atoms with Crippen LogP contribution in [-0.4, -0.2) is 27.7 Å². The fourth-order valence-electron chi connectivity index (χ4n) is 2.13. The second-order valence-corrected chi connectivity index (χ2v) is 6.45. The highest BCUT2D eigenvalue weighted by atomic mass is 35.5. The number of anilines is 1. The van der Waals surface area contributed by atoms with Gasteiger partial charge in [-0.05, 0) is 12.5 Å². The van der Waals surface area contributed by atoms with Gasteiger partial charge in [0.05, 0.1) is 16.5 Å². The molecule has 0 fully saturated rings. The molecule has 3 aromatic rings. The lowest BCUT2D eigenvalue weighted by atomic mass is 10.1. The van der Waals surface area contributed by atoms with Gasteiger partial charge in [-0.1, -0.05) is 17.7 Å². The standard InChI is InChI=1S/C15H12ClF3N4OS/c1-8(9-2-3-11(20-4-9)24-6-15(17,18)19)23-13-12-10(16)5-25-14(12)22-7-21-13/h2-5,7-8H,6H2,1H3,(H,21,22,23). The van der Waals surface area contributed by atoms with Crippen LogP contribution in [0.2, 0.25) is 5.02 Å². The molecule has 1 unspecified atom stereocenters. The average molecular weight is 389 g/mol. The average Bonchev–Trinajstić information content (AvgIpc) is 2.95. The van der Waals surface area contributed by atoms with Gasteiger partial charge in [-0.3, -0.25) is 0 Å². The first-order valence-corrected chi connectivity index (χ1v) is 8.39. The normalized spacial score (nSPS) is 13.0. The van der Waals surface area contributed by atoms with Gasteiger partial charge < -0.3 is 10.1 Å². The molecule has 0 aromatic carbocycles. The van der Waals surface area contributed by atoms with Gasteiger partial charge in [-0.15, -0.1) is 11.3 Å². The lowest BCUT2D eigenvalue weighted by molar-refractivity contribution is -0.154. The summed E-state index contributed by atoms with van der Waals surface area (Å²) in [5.74, 6) is 0.500. The summed E-state index contributed by atoms with van der Waals surface area (Å²) in [6.07, 6.45) is -1.50. The van der Waals surface area contributed by atoms with E-state index in [1.54, 1.807) is 11.4 Å². The maximum atomic E-state index is 12.1. The maximum absolute atomic E-state index is 12.1. The van der Waals surface area contributed by atoms with Crippen LogP contribution in [0.5, 0.6) is 5.88 Å². The van der Waals surface area contributed by atoms with Gasteiger partial charge in [0.1, 0.15) is 17.0 Å². The molecule has 0 spiro atoms. The molecule has 0 bridgehead atoms. The zero-order valence-corrected chi connectivity index (χ0v) is 14.4.